The number of halogens is 1. The fraction of sp³-hybridized carbons (Fsp3) is 0.294. The van der Waals surface area contributed by atoms with Crippen LogP contribution in [0.2, 0.25) is 0 Å². The highest BCUT2D eigenvalue weighted by atomic mass is 32.1. The zero-order valence-electron chi connectivity index (χ0n) is 13.6. The van der Waals surface area contributed by atoms with Crippen LogP contribution in [0.4, 0.5) is 10.1 Å². The van der Waals surface area contributed by atoms with E-state index in [1.807, 2.05) is 17.5 Å². The first-order chi connectivity index (χ1) is 11.9. The Balaban J connectivity index is 2.26. The van der Waals surface area contributed by atoms with E-state index in [0.717, 1.165) is 4.88 Å². The Hall–Kier alpha value is -2.29. The standard InChI is InChI=1S/C17H19FN2O4S/c1-17(10-21,11-22)19-15(23)16(24)20(9-14-3-2-8-25-14)13-6-4-12(18)5-7-13/h2-8,21-22H,9-11H2,1H3,(H,19,23). The molecule has 0 unspecified atom stereocenters. The van der Waals surface area contributed by atoms with Gasteiger partial charge in [0.05, 0.1) is 25.3 Å². The monoisotopic (exact) mass is 366 g/mol. The fourth-order valence-corrected chi connectivity index (χ4v) is 2.73. The van der Waals surface area contributed by atoms with Gasteiger partial charge in [0.15, 0.2) is 0 Å². The van der Waals surface area contributed by atoms with E-state index in [0.29, 0.717) is 5.69 Å². The summed E-state index contributed by atoms with van der Waals surface area (Å²) in [7, 11) is 0. The lowest BCUT2D eigenvalue weighted by atomic mass is 10.1. The van der Waals surface area contributed by atoms with E-state index < -0.39 is 36.4 Å². The van der Waals surface area contributed by atoms with Gasteiger partial charge in [-0.1, -0.05) is 6.07 Å². The maximum atomic E-state index is 13.2. The number of anilines is 1. The predicted molar refractivity (Wildman–Crippen MR) is 92.6 cm³/mol. The average molecular weight is 366 g/mol. The van der Waals surface area contributed by atoms with Gasteiger partial charge in [-0.05, 0) is 42.6 Å². The predicted octanol–water partition coefficient (Wildman–Crippen LogP) is 1.28. The number of aliphatic hydroxyl groups is 2. The molecule has 3 N–H and O–H groups in total. The van der Waals surface area contributed by atoms with Gasteiger partial charge >= 0.3 is 11.8 Å². The maximum Gasteiger partial charge on any atom is 0.316 e. The summed E-state index contributed by atoms with van der Waals surface area (Å²) < 4.78 is 13.2. The Morgan fingerprint density at radius 2 is 1.84 bits per heavy atom. The van der Waals surface area contributed by atoms with Crippen molar-refractivity contribution in [3.63, 3.8) is 0 Å². The molecular formula is C17H19FN2O4S. The summed E-state index contributed by atoms with van der Waals surface area (Å²) in [5.41, 5.74) is -0.950. The van der Waals surface area contributed by atoms with Gasteiger partial charge in [-0.15, -0.1) is 11.3 Å². The Kier molecular flexibility index (Phi) is 6.24. The first-order valence-corrected chi connectivity index (χ1v) is 8.40. The molecule has 0 bridgehead atoms. The van der Waals surface area contributed by atoms with Gasteiger partial charge in [0.1, 0.15) is 5.82 Å². The van der Waals surface area contributed by atoms with Crippen LogP contribution < -0.4 is 10.2 Å². The minimum Gasteiger partial charge on any atom is -0.394 e. The maximum absolute atomic E-state index is 13.2. The summed E-state index contributed by atoms with van der Waals surface area (Å²) in [5.74, 6) is -2.29. The van der Waals surface area contributed by atoms with Gasteiger partial charge in [0.2, 0.25) is 0 Å². The summed E-state index contributed by atoms with van der Waals surface area (Å²) in [6, 6.07) is 8.86. The van der Waals surface area contributed by atoms with E-state index in [4.69, 9.17) is 0 Å². The van der Waals surface area contributed by atoms with Gasteiger partial charge in [0.25, 0.3) is 0 Å². The molecule has 0 radical (unpaired) electrons. The zero-order chi connectivity index (χ0) is 18.4. The number of hydrogen-bond acceptors (Lipinski definition) is 5. The van der Waals surface area contributed by atoms with Crippen molar-refractivity contribution >= 4 is 28.8 Å². The molecule has 2 amide bonds. The number of carbonyl (C=O) groups excluding carboxylic acids is 2. The average Bonchev–Trinajstić information content (AvgIpc) is 3.13. The lowest BCUT2D eigenvalue weighted by molar-refractivity contribution is -0.139. The van der Waals surface area contributed by atoms with Crippen LogP contribution in [0, 0.1) is 5.82 Å². The molecule has 2 aromatic rings. The van der Waals surface area contributed by atoms with Crippen molar-refractivity contribution in [1.29, 1.82) is 0 Å². The molecule has 25 heavy (non-hydrogen) atoms. The van der Waals surface area contributed by atoms with Gasteiger partial charge in [-0.2, -0.15) is 0 Å². The molecule has 1 heterocycles. The molecule has 6 nitrogen and oxygen atoms in total. The van der Waals surface area contributed by atoms with Gasteiger partial charge < -0.3 is 15.5 Å². The molecule has 0 saturated heterocycles. The van der Waals surface area contributed by atoms with E-state index >= 15 is 0 Å². The van der Waals surface area contributed by atoms with Crippen LogP contribution in [0.5, 0.6) is 0 Å². The number of hydrogen-bond donors (Lipinski definition) is 3. The number of rotatable bonds is 6. The van der Waals surface area contributed by atoms with E-state index in [-0.39, 0.29) is 6.54 Å². The molecule has 0 aliphatic carbocycles. The topological polar surface area (TPSA) is 89.9 Å². The van der Waals surface area contributed by atoms with Crippen molar-refractivity contribution in [2.45, 2.75) is 19.0 Å². The van der Waals surface area contributed by atoms with E-state index in [2.05, 4.69) is 5.32 Å². The number of thiophene rings is 1. The second kappa shape index (κ2) is 8.19. The third-order valence-corrected chi connectivity index (χ3v) is 4.45. The molecule has 1 aromatic carbocycles. The number of amides is 2. The van der Waals surface area contributed by atoms with Crippen LogP contribution in [-0.4, -0.2) is 40.8 Å². The van der Waals surface area contributed by atoms with Crippen LogP contribution in [0.25, 0.3) is 0 Å². The van der Waals surface area contributed by atoms with Gasteiger partial charge in [0, 0.05) is 10.6 Å². The quantitative estimate of drug-likeness (QED) is 0.672. The first kappa shape index (κ1) is 19.0. The van der Waals surface area contributed by atoms with Crippen molar-refractivity contribution in [3.05, 3.63) is 52.5 Å². The highest BCUT2D eigenvalue weighted by Gasteiger charge is 2.31. The highest BCUT2D eigenvalue weighted by molar-refractivity contribution is 7.09. The molecule has 134 valence electrons. The molecule has 0 spiro atoms. The lowest BCUT2D eigenvalue weighted by Gasteiger charge is -2.28. The number of nitrogens with zero attached hydrogens (tertiary/aromatic N) is 1. The van der Waals surface area contributed by atoms with Crippen molar-refractivity contribution in [1.82, 2.24) is 5.32 Å². The second-order valence-electron chi connectivity index (χ2n) is 5.78. The minimum atomic E-state index is -1.32. The number of carbonyl (C=O) groups is 2. The van der Waals surface area contributed by atoms with Crippen molar-refractivity contribution in [2.75, 3.05) is 18.1 Å². The Morgan fingerprint density at radius 3 is 2.36 bits per heavy atom. The van der Waals surface area contributed by atoms with E-state index in [9.17, 15) is 24.2 Å². The molecule has 8 heteroatoms. The first-order valence-electron chi connectivity index (χ1n) is 7.52. The van der Waals surface area contributed by atoms with Crippen LogP contribution in [0.15, 0.2) is 41.8 Å². The Bertz CT molecular complexity index is 715. The van der Waals surface area contributed by atoms with E-state index in [1.54, 1.807) is 0 Å². The van der Waals surface area contributed by atoms with Crippen LogP contribution in [-0.2, 0) is 16.1 Å². The van der Waals surface area contributed by atoms with E-state index in [1.165, 1.54) is 47.4 Å². The summed E-state index contributed by atoms with van der Waals surface area (Å²) >= 11 is 1.42. The molecule has 0 atom stereocenters. The van der Waals surface area contributed by atoms with Crippen LogP contribution in [0.1, 0.15) is 11.8 Å². The zero-order valence-corrected chi connectivity index (χ0v) is 14.4. The van der Waals surface area contributed by atoms with Crippen molar-refractivity contribution in [3.8, 4) is 0 Å². The third kappa shape index (κ3) is 4.85. The molecule has 0 aliphatic rings. The summed E-state index contributed by atoms with van der Waals surface area (Å²) in [6.45, 7) is 0.512. The molecule has 1 aromatic heterocycles. The summed E-state index contributed by atoms with van der Waals surface area (Å²) in [6.07, 6.45) is 0. The van der Waals surface area contributed by atoms with Crippen molar-refractivity contribution < 1.29 is 24.2 Å². The fourth-order valence-electron chi connectivity index (χ4n) is 2.04. The lowest BCUT2D eigenvalue weighted by Crippen LogP contribution is -2.56. The second-order valence-corrected chi connectivity index (χ2v) is 6.81. The van der Waals surface area contributed by atoms with Crippen molar-refractivity contribution in [2.24, 2.45) is 0 Å². The molecule has 0 saturated carbocycles. The van der Waals surface area contributed by atoms with Gasteiger partial charge in [-0.3, -0.25) is 14.5 Å². The third-order valence-electron chi connectivity index (χ3n) is 3.59. The summed E-state index contributed by atoms with van der Waals surface area (Å²) in [5, 5.41) is 22.7. The number of aliphatic hydroxyl groups excluding tert-OH is 2. The van der Waals surface area contributed by atoms with Gasteiger partial charge in [-0.25, -0.2) is 4.39 Å². The highest BCUT2D eigenvalue weighted by Crippen LogP contribution is 2.20. The molecule has 2 rings (SSSR count). The minimum absolute atomic E-state index is 0.143. The largest absolute Gasteiger partial charge is 0.394 e. The molecule has 0 fully saturated rings. The normalized spacial score (nSPS) is 11.2. The number of nitrogens with one attached hydrogen (secondary N) is 1. The number of benzene rings is 1. The molecule has 0 aliphatic heterocycles. The smallest absolute Gasteiger partial charge is 0.316 e. The Labute approximate surface area is 148 Å². The Morgan fingerprint density at radius 1 is 1.20 bits per heavy atom. The summed E-state index contributed by atoms with van der Waals surface area (Å²) in [4.78, 5) is 27.0. The SMILES string of the molecule is CC(CO)(CO)NC(=O)C(=O)N(Cc1cccs1)c1ccc(F)cc1. The van der Waals surface area contributed by atoms with Crippen LogP contribution in [0.3, 0.4) is 0 Å². The molecular weight excluding hydrogens is 347 g/mol. The van der Waals surface area contributed by atoms with Crippen LogP contribution >= 0.6 is 11.3 Å².